The summed E-state index contributed by atoms with van der Waals surface area (Å²) in [5, 5.41) is 0.342. The van der Waals surface area contributed by atoms with Gasteiger partial charge in [-0.3, -0.25) is 0 Å². The molecule has 4 aromatic carbocycles. The molecule has 4 rings (SSSR count). The predicted molar refractivity (Wildman–Crippen MR) is 117 cm³/mol. The lowest BCUT2D eigenvalue weighted by Crippen LogP contribution is -2.03. The molecule has 0 aliphatic heterocycles. The molecule has 0 unspecified atom stereocenters. The zero-order chi connectivity index (χ0) is 24.4. The number of hydrogen-bond donors (Lipinski definition) is 0. The van der Waals surface area contributed by atoms with Crippen LogP contribution in [0.2, 0.25) is 0 Å². The molecule has 174 valence electrons. The van der Waals surface area contributed by atoms with Crippen molar-refractivity contribution in [2.24, 2.45) is 0 Å². The molecule has 4 aromatic rings. The van der Waals surface area contributed by atoms with E-state index >= 15 is 0 Å². The maximum atomic E-state index is 15.0. The molecule has 0 atom stereocenters. The summed E-state index contributed by atoms with van der Waals surface area (Å²) < 4.78 is 92.6. The van der Waals surface area contributed by atoms with Gasteiger partial charge in [-0.25, -0.2) is 17.6 Å². The van der Waals surface area contributed by atoms with E-state index in [-0.39, 0.29) is 28.9 Å². The molecule has 0 N–H and O–H groups in total. The molecular formula is C26H16F6O2. The van der Waals surface area contributed by atoms with Gasteiger partial charge in [0.15, 0.2) is 11.6 Å². The van der Waals surface area contributed by atoms with Crippen LogP contribution in [0.25, 0.3) is 33.0 Å². The molecule has 0 aliphatic rings. The van der Waals surface area contributed by atoms with Crippen molar-refractivity contribution in [3.05, 3.63) is 96.6 Å². The summed E-state index contributed by atoms with van der Waals surface area (Å²) in [6, 6.07) is 12.3. The third-order valence-corrected chi connectivity index (χ3v) is 5.09. The summed E-state index contributed by atoms with van der Waals surface area (Å²) in [6.07, 6.45) is 1.43. The second kappa shape index (κ2) is 9.51. The normalized spacial score (nSPS) is 11.1. The quantitative estimate of drug-likeness (QED) is 0.200. The Balaban J connectivity index is 1.69. The highest BCUT2D eigenvalue weighted by atomic mass is 19.3. The van der Waals surface area contributed by atoms with Crippen LogP contribution in [0.5, 0.6) is 11.5 Å². The summed E-state index contributed by atoms with van der Waals surface area (Å²) in [7, 11) is 0. The molecule has 0 fully saturated rings. The summed E-state index contributed by atoms with van der Waals surface area (Å²) in [6.45, 7) is 0.349. The van der Waals surface area contributed by atoms with Crippen molar-refractivity contribution in [3.8, 4) is 33.8 Å². The molecule has 0 bridgehead atoms. The van der Waals surface area contributed by atoms with Gasteiger partial charge in [0.2, 0.25) is 0 Å². The number of rotatable bonds is 7. The van der Waals surface area contributed by atoms with Crippen molar-refractivity contribution in [1.29, 1.82) is 0 Å². The number of halogens is 6. The van der Waals surface area contributed by atoms with E-state index in [4.69, 9.17) is 4.74 Å². The average Bonchev–Trinajstić information content (AvgIpc) is 2.79. The molecule has 0 amide bonds. The van der Waals surface area contributed by atoms with Gasteiger partial charge in [-0.15, -0.1) is 0 Å². The zero-order valence-corrected chi connectivity index (χ0v) is 17.4. The van der Waals surface area contributed by atoms with Crippen molar-refractivity contribution < 1.29 is 35.8 Å². The first kappa shape index (κ1) is 23.2. The van der Waals surface area contributed by atoms with Crippen LogP contribution in [-0.4, -0.2) is 13.2 Å². The first-order valence-corrected chi connectivity index (χ1v) is 9.98. The Labute approximate surface area is 190 Å². The molecule has 2 nitrogen and oxygen atoms in total. The highest BCUT2D eigenvalue weighted by Gasteiger charge is 2.18. The standard InChI is InChI=1S/C26H16F6O2/c1-2-9-33-17-12-21(28)24(22(29)13-17)16-4-6-18(20(27)11-16)14-3-7-19-15(10-14)5-8-23(25(19)30)34-26(31)32/h2-8,10-13,26H,1,9H2. The first-order valence-electron chi connectivity index (χ1n) is 9.98. The smallest absolute Gasteiger partial charge is 0.387 e. The highest BCUT2D eigenvalue weighted by Crippen LogP contribution is 2.35. The van der Waals surface area contributed by atoms with Gasteiger partial charge in [0.05, 0.1) is 5.56 Å². The molecule has 0 aromatic heterocycles. The van der Waals surface area contributed by atoms with Gasteiger partial charge in [0.25, 0.3) is 0 Å². The van der Waals surface area contributed by atoms with E-state index in [1.165, 1.54) is 42.5 Å². The van der Waals surface area contributed by atoms with Crippen molar-refractivity contribution in [3.63, 3.8) is 0 Å². The summed E-state index contributed by atoms with van der Waals surface area (Å²) in [5.74, 6) is -4.20. The predicted octanol–water partition coefficient (Wildman–Crippen LogP) is 7.90. The Morgan fingerprint density at radius 2 is 1.50 bits per heavy atom. The topological polar surface area (TPSA) is 18.5 Å². The molecule has 34 heavy (non-hydrogen) atoms. The van der Waals surface area contributed by atoms with Crippen LogP contribution in [0.15, 0.2) is 73.3 Å². The molecule has 0 aliphatic carbocycles. The summed E-state index contributed by atoms with van der Waals surface area (Å²) >= 11 is 0. The van der Waals surface area contributed by atoms with Crippen LogP contribution in [0.1, 0.15) is 0 Å². The number of ether oxygens (including phenoxy) is 2. The van der Waals surface area contributed by atoms with E-state index in [0.29, 0.717) is 10.9 Å². The monoisotopic (exact) mass is 474 g/mol. The first-order chi connectivity index (χ1) is 16.3. The Hall–Kier alpha value is -3.94. The Bertz CT molecular complexity index is 1360. The van der Waals surface area contributed by atoms with E-state index in [2.05, 4.69) is 11.3 Å². The second-order valence-corrected chi connectivity index (χ2v) is 7.25. The lowest BCUT2D eigenvalue weighted by atomic mass is 9.97. The molecule has 0 spiro atoms. The largest absolute Gasteiger partial charge is 0.489 e. The van der Waals surface area contributed by atoms with Gasteiger partial charge >= 0.3 is 6.61 Å². The SMILES string of the molecule is C=CCOc1cc(F)c(-c2ccc(-c3ccc4c(F)c(OC(F)F)ccc4c3)c(F)c2)c(F)c1. The minimum Gasteiger partial charge on any atom is -0.489 e. The lowest BCUT2D eigenvalue weighted by Gasteiger charge is -2.12. The van der Waals surface area contributed by atoms with Gasteiger partial charge in [-0.1, -0.05) is 43.0 Å². The molecule has 8 heteroatoms. The highest BCUT2D eigenvalue weighted by molar-refractivity contribution is 5.89. The van der Waals surface area contributed by atoms with Crippen LogP contribution in [0, 0.1) is 23.3 Å². The van der Waals surface area contributed by atoms with E-state index in [1.54, 1.807) is 0 Å². The molecule has 0 saturated heterocycles. The van der Waals surface area contributed by atoms with Crippen LogP contribution in [-0.2, 0) is 0 Å². The van der Waals surface area contributed by atoms with Crippen LogP contribution < -0.4 is 9.47 Å². The molecule has 0 saturated carbocycles. The van der Waals surface area contributed by atoms with E-state index in [1.807, 2.05) is 0 Å². The van der Waals surface area contributed by atoms with Crippen LogP contribution in [0.4, 0.5) is 26.3 Å². The fourth-order valence-electron chi connectivity index (χ4n) is 3.60. The van der Waals surface area contributed by atoms with Gasteiger partial charge in [-0.2, -0.15) is 8.78 Å². The Kier molecular flexibility index (Phi) is 6.49. The van der Waals surface area contributed by atoms with Gasteiger partial charge in [0.1, 0.15) is 29.8 Å². The van der Waals surface area contributed by atoms with Crippen LogP contribution >= 0.6 is 0 Å². The Morgan fingerprint density at radius 3 is 2.15 bits per heavy atom. The van der Waals surface area contributed by atoms with Gasteiger partial charge < -0.3 is 9.47 Å². The minimum atomic E-state index is -3.18. The Morgan fingerprint density at radius 1 is 0.794 bits per heavy atom. The number of benzene rings is 4. The maximum absolute atomic E-state index is 15.0. The molecule has 0 heterocycles. The van der Waals surface area contributed by atoms with E-state index in [0.717, 1.165) is 24.3 Å². The molecular weight excluding hydrogens is 458 g/mol. The third-order valence-electron chi connectivity index (χ3n) is 5.09. The minimum absolute atomic E-state index is 0.0156. The second-order valence-electron chi connectivity index (χ2n) is 7.25. The van der Waals surface area contributed by atoms with E-state index < -0.39 is 41.2 Å². The van der Waals surface area contributed by atoms with Gasteiger partial charge in [-0.05, 0) is 34.7 Å². The van der Waals surface area contributed by atoms with Crippen molar-refractivity contribution >= 4 is 10.8 Å². The third kappa shape index (κ3) is 4.57. The number of alkyl halides is 2. The van der Waals surface area contributed by atoms with Crippen molar-refractivity contribution in [2.45, 2.75) is 6.61 Å². The molecule has 0 radical (unpaired) electrons. The summed E-state index contributed by atoms with van der Waals surface area (Å²) in [4.78, 5) is 0. The lowest BCUT2D eigenvalue weighted by molar-refractivity contribution is -0.0520. The van der Waals surface area contributed by atoms with Crippen molar-refractivity contribution in [1.82, 2.24) is 0 Å². The number of hydrogen-bond acceptors (Lipinski definition) is 2. The van der Waals surface area contributed by atoms with Crippen molar-refractivity contribution in [2.75, 3.05) is 6.61 Å². The fourth-order valence-corrected chi connectivity index (χ4v) is 3.60. The van der Waals surface area contributed by atoms with E-state index in [9.17, 15) is 26.3 Å². The summed E-state index contributed by atoms with van der Waals surface area (Å²) in [5.41, 5.74) is 0.0222. The number of fused-ring (bicyclic) bond motifs is 1. The maximum Gasteiger partial charge on any atom is 0.387 e. The van der Waals surface area contributed by atoms with Crippen LogP contribution in [0.3, 0.4) is 0 Å². The zero-order valence-electron chi connectivity index (χ0n) is 17.4. The average molecular weight is 474 g/mol. The van der Waals surface area contributed by atoms with Gasteiger partial charge in [0, 0.05) is 23.1 Å². The fraction of sp³-hybridized carbons (Fsp3) is 0.0769.